The van der Waals surface area contributed by atoms with E-state index in [9.17, 15) is 14.4 Å². The Balaban J connectivity index is 1.41. The van der Waals surface area contributed by atoms with Crippen molar-refractivity contribution in [1.29, 1.82) is 0 Å². The monoisotopic (exact) mass is 474 g/mol. The predicted octanol–water partition coefficient (Wildman–Crippen LogP) is 3.09. The third-order valence-electron chi connectivity index (χ3n) is 9.66. The number of carbonyl (C=O) groups is 3. The van der Waals surface area contributed by atoms with Gasteiger partial charge in [-0.1, -0.05) is 24.6 Å². The molecule has 0 aromatic heterocycles. The number of nitrogens with one attached hydrogen (secondary N) is 1. The van der Waals surface area contributed by atoms with Crippen LogP contribution in [0.1, 0.15) is 72.1 Å². The highest BCUT2D eigenvalue weighted by Gasteiger charge is 2.59. The molecule has 2 unspecified atom stereocenters. The molecule has 34 heavy (non-hydrogen) atoms. The van der Waals surface area contributed by atoms with Crippen LogP contribution >= 0.6 is 0 Å². The van der Waals surface area contributed by atoms with Gasteiger partial charge in [0.15, 0.2) is 6.61 Å². The Morgan fingerprint density at radius 1 is 1.15 bits per heavy atom. The van der Waals surface area contributed by atoms with E-state index in [0.29, 0.717) is 23.5 Å². The van der Waals surface area contributed by atoms with Gasteiger partial charge >= 0.3 is 5.97 Å². The van der Waals surface area contributed by atoms with Gasteiger partial charge in [-0.05, 0) is 93.0 Å². The zero-order valence-corrected chi connectivity index (χ0v) is 20.5. The van der Waals surface area contributed by atoms with Gasteiger partial charge in [-0.15, -0.1) is 0 Å². The summed E-state index contributed by atoms with van der Waals surface area (Å²) in [6.45, 7) is 5.48. The highest BCUT2D eigenvalue weighted by atomic mass is 16.6. The molecule has 7 atom stereocenters. The Labute approximate surface area is 201 Å². The number of hydrogen-bond donors (Lipinski definition) is 3. The number of carboxylic acid groups (broad SMARTS) is 1. The molecular formula is C26H38N2O6. The van der Waals surface area contributed by atoms with Gasteiger partial charge in [-0.25, -0.2) is 4.79 Å². The number of nitrogens with zero attached hydrogens (tertiary/aromatic N) is 1. The number of aliphatic hydroxyl groups is 1. The van der Waals surface area contributed by atoms with Crippen molar-refractivity contribution < 1.29 is 29.4 Å². The zero-order valence-electron chi connectivity index (χ0n) is 20.5. The molecule has 3 fully saturated rings. The molecule has 188 valence electrons. The van der Waals surface area contributed by atoms with Crippen LogP contribution in [0, 0.1) is 34.5 Å². The molecule has 0 aromatic carbocycles. The Morgan fingerprint density at radius 3 is 2.59 bits per heavy atom. The molecule has 3 saturated carbocycles. The predicted molar refractivity (Wildman–Crippen MR) is 126 cm³/mol. The van der Waals surface area contributed by atoms with E-state index in [1.165, 1.54) is 18.4 Å². The van der Waals surface area contributed by atoms with Crippen LogP contribution < -0.4 is 5.32 Å². The quantitative estimate of drug-likeness (QED) is 0.487. The lowest BCUT2D eigenvalue weighted by atomic mass is 9.46. The van der Waals surface area contributed by atoms with Gasteiger partial charge in [0, 0.05) is 5.92 Å². The van der Waals surface area contributed by atoms with E-state index < -0.39 is 31.1 Å². The largest absolute Gasteiger partial charge is 0.480 e. The number of oxime groups is 1. The van der Waals surface area contributed by atoms with Gasteiger partial charge in [0.2, 0.25) is 0 Å². The number of ketones is 1. The van der Waals surface area contributed by atoms with E-state index in [1.807, 2.05) is 0 Å². The van der Waals surface area contributed by atoms with Gasteiger partial charge in [-0.2, -0.15) is 0 Å². The van der Waals surface area contributed by atoms with Crippen molar-refractivity contribution in [2.75, 3.05) is 13.2 Å². The Hall–Kier alpha value is -2.22. The molecule has 4 aliphatic carbocycles. The molecule has 0 bridgehead atoms. The van der Waals surface area contributed by atoms with E-state index in [2.05, 4.69) is 30.4 Å². The van der Waals surface area contributed by atoms with Gasteiger partial charge < -0.3 is 20.4 Å². The summed E-state index contributed by atoms with van der Waals surface area (Å²) in [5.74, 6) is 0.619. The lowest BCUT2D eigenvalue weighted by molar-refractivity contribution is -0.143. The Bertz CT molecular complexity index is 913. The average molecular weight is 475 g/mol. The molecule has 0 aromatic rings. The van der Waals surface area contributed by atoms with Crippen LogP contribution in [0.15, 0.2) is 16.8 Å². The van der Waals surface area contributed by atoms with Crippen LogP contribution in [0.4, 0.5) is 0 Å². The molecule has 1 amide bonds. The zero-order chi connectivity index (χ0) is 24.7. The Morgan fingerprint density at radius 2 is 1.91 bits per heavy atom. The van der Waals surface area contributed by atoms with Crippen molar-refractivity contribution in [3.05, 3.63) is 11.6 Å². The SMILES string of the molecule is CC(=O)C1CC[C@H]2[C@@H]3CCC4=C/C(=N/OCC(=O)NC(CO)C(=O)O)CC[C@]4(C)[C@H]3CC[C@]12C. The standard InChI is InChI=1S/C26H38N2O6/c1-15(30)19-6-7-20-18-5-4-16-12-17(28-34-14-23(31)27-22(13-29)24(32)33)8-10-25(16,2)21(18)9-11-26(19,20)3/h12,18-22,29H,4-11,13-14H2,1-3H3,(H,27,31)(H,32,33)/b28-17+/t18-,19?,20-,21-,22?,25-,26+/m0/s1. The highest BCUT2D eigenvalue weighted by Crippen LogP contribution is 2.66. The topological polar surface area (TPSA) is 125 Å². The van der Waals surface area contributed by atoms with Crippen molar-refractivity contribution in [2.24, 2.45) is 39.7 Å². The molecule has 0 radical (unpaired) electrons. The van der Waals surface area contributed by atoms with Gasteiger partial charge in [0.05, 0.1) is 12.3 Å². The number of hydrogen-bond acceptors (Lipinski definition) is 6. The van der Waals surface area contributed by atoms with Crippen molar-refractivity contribution >= 4 is 23.4 Å². The maximum Gasteiger partial charge on any atom is 0.328 e. The van der Waals surface area contributed by atoms with Crippen molar-refractivity contribution in [1.82, 2.24) is 5.32 Å². The molecule has 4 aliphatic rings. The first-order chi connectivity index (χ1) is 16.1. The number of carboxylic acids is 1. The van der Waals surface area contributed by atoms with Gasteiger partial charge in [0.1, 0.15) is 11.8 Å². The molecule has 8 heteroatoms. The molecule has 0 saturated heterocycles. The van der Waals surface area contributed by atoms with Crippen LogP contribution in [0.2, 0.25) is 0 Å². The van der Waals surface area contributed by atoms with E-state index >= 15 is 0 Å². The van der Waals surface area contributed by atoms with Crippen molar-refractivity contribution in [3.63, 3.8) is 0 Å². The van der Waals surface area contributed by atoms with Gasteiger partial charge in [-0.3, -0.25) is 9.59 Å². The number of allylic oxidation sites excluding steroid dienone is 2. The molecule has 0 aliphatic heterocycles. The fraction of sp³-hybridized carbons (Fsp3) is 0.769. The minimum atomic E-state index is -1.35. The third-order valence-corrected chi connectivity index (χ3v) is 9.66. The van der Waals surface area contributed by atoms with Crippen LogP contribution in [0.25, 0.3) is 0 Å². The minimum Gasteiger partial charge on any atom is -0.480 e. The minimum absolute atomic E-state index is 0.144. The summed E-state index contributed by atoms with van der Waals surface area (Å²) in [5, 5.41) is 24.3. The second kappa shape index (κ2) is 9.44. The number of Topliss-reactive ketones (excluding diaryl/α,β-unsaturated/α-hetero) is 1. The number of aliphatic hydroxyl groups excluding tert-OH is 1. The summed E-state index contributed by atoms with van der Waals surface area (Å²) in [6, 6.07) is -1.35. The van der Waals surface area contributed by atoms with Crippen LogP contribution in [-0.2, 0) is 19.2 Å². The van der Waals surface area contributed by atoms with Crippen molar-refractivity contribution in [3.8, 4) is 0 Å². The summed E-state index contributed by atoms with van der Waals surface area (Å²) in [4.78, 5) is 40.3. The molecular weight excluding hydrogens is 436 g/mol. The summed E-state index contributed by atoms with van der Waals surface area (Å²) in [6.07, 6.45) is 10.6. The van der Waals surface area contributed by atoms with E-state index in [1.54, 1.807) is 6.92 Å². The maximum atomic E-state index is 12.3. The lowest BCUT2D eigenvalue weighted by Gasteiger charge is -2.58. The second-order valence-electron chi connectivity index (χ2n) is 11.3. The summed E-state index contributed by atoms with van der Waals surface area (Å²) in [5.41, 5.74) is 2.54. The summed E-state index contributed by atoms with van der Waals surface area (Å²) < 4.78 is 0. The molecule has 4 rings (SSSR count). The fourth-order valence-electron chi connectivity index (χ4n) is 7.91. The third kappa shape index (κ3) is 4.30. The first kappa shape index (κ1) is 24.9. The van der Waals surface area contributed by atoms with Crippen LogP contribution in [-0.4, -0.2) is 52.8 Å². The first-order valence-corrected chi connectivity index (χ1v) is 12.6. The molecule has 0 heterocycles. The maximum absolute atomic E-state index is 12.3. The second-order valence-corrected chi connectivity index (χ2v) is 11.3. The number of fused-ring (bicyclic) bond motifs is 5. The number of rotatable bonds is 7. The molecule has 3 N–H and O–H groups in total. The Kier molecular flexibility index (Phi) is 6.91. The number of aliphatic carboxylic acids is 1. The molecule has 0 spiro atoms. The van der Waals surface area contributed by atoms with Crippen LogP contribution in [0.5, 0.6) is 0 Å². The summed E-state index contributed by atoms with van der Waals surface area (Å²) >= 11 is 0. The smallest absolute Gasteiger partial charge is 0.328 e. The van der Waals surface area contributed by atoms with Gasteiger partial charge in [0.25, 0.3) is 5.91 Å². The highest BCUT2D eigenvalue weighted by molar-refractivity contribution is 5.96. The summed E-state index contributed by atoms with van der Waals surface area (Å²) in [7, 11) is 0. The van der Waals surface area contributed by atoms with E-state index in [4.69, 9.17) is 15.1 Å². The fourth-order valence-corrected chi connectivity index (χ4v) is 7.91. The van der Waals surface area contributed by atoms with Crippen LogP contribution in [0.3, 0.4) is 0 Å². The number of amides is 1. The normalized spacial score (nSPS) is 38.7. The number of carbonyl (C=O) groups excluding carboxylic acids is 2. The van der Waals surface area contributed by atoms with E-state index in [0.717, 1.165) is 44.2 Å². The lowest BCUT2D eigenvalue weighted by Crippen LogP contribution is -2.51. The molecule has 8 nitrogen and oxygen atoms in total. The van der Waals surface area contributed by atoms with E-state index in [-0.39, 0.29) is 16.7 Å². The average Bonchev–Trinajstić information content (AvgIpc) is 3.15. The first-order valence-electron chi connectivity index (χ1n) is 12.6. The van der Waals surface area contributed by atoms with Crippen molar-refractivity contribution in [2.45, 2.75) is 78.2 Å².